The molecule has 0 aromatic heterocycles. The van der Waals surface area contributed by atoms with Crippen molar-refractivity contribution in [3.05, 3.63) is 29.3 Å². The van der Waals surface area contributed by atoms with Gasteiger partial charge in [0.1, 0.15) is 5.75 Å². The molecule has 4 nitrogen and oxygen atoms in total. The van der Waals surface area contributed by atoms with E-state index in [-0.39, 0.29) is 12.0 Å². The maximum atomic E-state index is 11.0. The Balaban J connectivity index is 2.21. The first-order valence-electron chi connectivity index (χ1n) is 6.64. The number of benzene rings is 1. The van der Waals surface area contributed by atoms with Crippen molar-refractivity contribution in [2.75, 3.05) is 20.7 Å². The van der Waals surface area contributed by atoms with Crippen LogP contribution >= 0.6 is 0 Å². The van der Waals surface area contributed by atoms with E-state index in [2.05, 4.69) is 11.0 Å². The second kappa shape index (κ2) is 5.61. The van der Waals surface area contributed by atoms with Gasteiger partial charge in [0.2, 0.25) is 0 Å². The maximum Gasteiger partial charge on any atom is 0.306 e. The van der Waals surface area contributed by atoms with Crippen LogP contribution in [0.2, 0.25) is 0 Å². The largest absolute Gasteiger partial charge is 0.493 e. The van der Waals surface area contributed by atoms with Crippen LogP contribution in [0.4, 0.5) is 0 Å². The molecule has 2 atom stereocenters. The Morgan fingerprint density at radius 1 is 1.47 bits per heavy atom. The number of hydrogen-bond acceptors (Lipinski definition) is 3. The molecule has 0 saturated heterocycles. The van der Waals surface area contributed by atoms with Gasteiger partial charge in [0.15, 0.2) is 0 Å². The Hall–Kier alpha value is -1.55. The normalized spacial score (nSPS) is 16.8. The van der Waals surface area contributed by atoms with Crippen molar-refractivity contribution < 1.29 is 14.6 Å². The summed E-state index contributed by atoms with van der Waals surface area (Å²) in [5.41, 5.74) is 2.40. The minimum absolute atomic E-state index is 0.122. The molecule has 1 N–H and O–H groups in total. The molecule has 4 heteroatoms. The predicted molar refractivity (Wildman–Crippen MR) is 73.5 cm³/mol. The average Bonchev–Trinajstić information content (AvgIpc) is 2.81. The Morgan fingerprint density at radius 2 is 2.21 bits per heavy atom. The topological polar surface area (TPSA) is 49.8 Å². The first-order valence-corrected chi connectivity index (χ1v) is 6.64. The summed E-state index contributed by atoms with van der Waals surface area (Å²) >= 11 is 0. The lowest BCUT2D eigenvalue weighted by Gasteiger charge is -2.26. The quantitative estimate of drug-likeness (QED) is 0.886. The molecule has 0 radical (unpaired) electrons. The molecular weight excluding hydrogens is 242 g/mol. The maximum absolute atomic E-state index is 11.0. The van der Waals surface area contributed by atoms with Gasteiger partial charge >= 0.3 is 5.97 Å². The van der Waals surface area contributed by atoms with E-state index in [4.69, 9.17) is 9.84 Å². The molecule has 1 aromatic rings. The molecule has 19 heavy (non-hydrogen) atoms. The van der Waals surface area contributed by atoms with E-state index >= 15 is 0 Å². The van der Waals surface area contributed by atoms with Crippen LogP contribution in [0.25, 0.3) is 0 Å². The van der Waals surface area contributed by atoms with Gasteiger partial charge in [-0.15, -0.1) is 0 Å². The highest BCUT2D eigenvalue weighted by Gasteiger charge is 2.23. The molecule has 2 rings (SSSR count). The first kappa shape index (κ1) is 13.9. The molecule has 1 aliphatic heterocycles. The molecule has 1 heterocycles. The van der Waals surface area contributed by atoms with Crippen LogP contribution in [-0.4, -0.2) is 36.7 Å². The lowest BCUT2D eigenvalue weighted by molar-refractivity contribution is -0.141. The molecule has 1 aliphatic rings. The lowest BCUT2D eigenvalue weighted by atomic mass is 9.93. The fourth-order valence-electron chi connectivity index (χ4n) is 2.49. The fraction of sp³-hybridized carbons (Fsp3) is 0.533. The van der Waals surface area contributed by atoms with Gasteiger partial charge in [-0.3, -0.25) is 4.79 Å². The smallest absolute Gasteiger partial charge is 0.306 e. The highest BCUT2D eigenvalue weighted by atomic mass is 16.5. The summed E-state index contributed by atoms with van der Waals surface area (Å²) in [6, 6.07) is 6.32. The van der Waals surface area contributed by atoms with E-state index < -0.39 is 5.97 Å². The van der Waals surface area contributed by atoms with Crippen molar-refractivity contribution >= 4 is 5.97 Å². The van der Waals surface area contributed by atoms with Crippen LogP contribution in [0.1, 0.15) is 30.5 Å². The first-order chi connectivity index (χ1) is 8.99. The van der Waals surface area contributed by atoms with Gasteiger partial charge in [-0.1, -0.05) is 19.1 Å². The molecule has 0 saturated carbocycles. The molecule has 0 amide bonds. The van der Waals surface area contributed by atoms with Gasteiger partial charge < -0.3 is 14.7 Å². The summed E-state index contributed by atoms with van der Waals surface area (Å²) in [5.74, 6) is -0.124. The van der Waals surface area contributed by atoms with Gasteiger partial charge in [0.05, 0.1) is 12.5 Å². The van der Waals surface area contributed by atoms with Crippen LogP contribution < -0.4 is 4.74 Å². The van der Waals surface area contributed by atoms with Crippen LogP contribution in [-0.2, 0) is 11.2 Å². The average molecular weight is 263 g/mol. The number of carbonyl (C=O) groups is 1. The lowest BCUT2D eigenvalue weighted by Crippen LogP contribution is -2.24. The number of rotatable bonds is 5. The Bertz CT molecular complexity index is 470. The number of nitrogens with zero attached hydrogens (tertiary/aromatic N) is 1. The van der Waals surface area contributed by atoms with Gasteiger partial charge in [-0.05, 0) is 37.7 Å². The van der Waals surface area contributed by atoms with Crippen molar-refractivity contribution in [3.63, 3.8) is 0 Å². The second-order valence-corrected chi connectivity index (χ2v) is 5.42. The summed E-state index contributed by atoms with van der Waals surface area (Å²) in [4.78, 5) is 13.1. The van der Waals surface area contributed by atoms with Gasteiger partial charge in [-0.25, -0.2) is 0 Å². The Kier molecular flexibility index (Phi) is 4.10. The zero-order valence-electron chi connectivity index (χ0n) is 11.7. The number of fused-ring (bicyclic) bond motifs is 1. The van der Waals surface area contributed by atoms with E-state index in [0.29, 0.717) is 6.42 Å². The van der Waals surface area contributed by atoms with E-state index in [1.54, 1.807) is 6.92 Å². The van der Waals surface area contributed by atoms with Crippen molar-refractivity contribution in [2.24, 2.45) is 5.92 Å². The van der Waals surface area contributed by atoms with E-state index in [9.17, 15) is 4.79 Å². The third-order valence-electron chi connectivity index (χ3n) is 3.72. The van der Waals surface area contributed by atoms with Crippen molar-refractivity contribution in [2.45, 2.75) is 25.8 Å². The number of carboxylic acids is 1. The molecule has 104 valence electrons. The number of carboxylic acid groups (broad SMARTS) is 1. The van der Waals surface area contributed by atoms with Crippen molar-refractivity contribution in [1.82, 2.24) is 4.90 Å². The summed E-state index contributed by atoms with van der Waals surface area (Å²) in [5, 5.41) is 9.08. The summed E-state index contributed by atoms with van der Waals surface area (Å²) < 4.78 is 5.51. The molecule has 0 fully saturated rings. The third kappa shape index (κ3) is 3.07. The minimum atomic E-state index is -0.739. The molecule has 0 bridgehead atoms. The molecular formula is C15H21NO3. The molecule has 2 unspecified atom stereocenters. The summed E-state index contributed by atoms with van der Waals surface area (Å²) in [6.07, 6.45) is 1.56. The number of ether oxygens (including phenoxy) is 1. The second-order valence-electron chi connectivity index (χ2n) is 5.42. The monoisotopic (exact) mass is 263 g/mol. The molecule has 0 spiro atoms. The van der Waals surface area contributed by atoms with Crippen LogP contribution in [0.3, 0.4) is 0 Å². The SMILES string of the molecule is CC(CC(c1ccc2c(c1)CCO2)N(C)C)C(=O)O. The summed E-state index contributed by atoms with van der Waals surface area (Å²) in [7, 11) is 3.98. The Morgan fingerprint density at radius 3 is 2.84 bits per heavy atom. The van der Waals surface area contributed by atoms with Crippen LogP contribution in [0.15, 0.2) is 18.2 Å². The van der Waals surface area contributed by atoms with Gasteiger partial charge in [-0.2, -0.15) is 0 Å². The fourth-order valence-corrected chi connectivity index (χ4v) is 2.49. The van der Waals surface area contributed by atoms with Gasteiger partial charge in [0, 0.05) is 12.5 Å². The van der Waals surface area contributed by atoms with Gasteiger partial charge in [0.25, 0.3) is 0 Å². The zero-order valence-corrected chi connectivity index (χ0v) is 11.7. The Labute approximate surface area is 114 Å². The zero-order chi connectivity index (χ0) is 14.0. The third-order valence-corrected chi connectivity index (χ3v) is 3.72. The van der Waals surface area contributed by atoms with Crippen molar-refractivity contribution in [3.8, 4) is 5.75 Å². The van der Waals surface area contributed by atoms with Crippen LogP contribution in [0.5, 0.6) is 5.75 Å². The van der Waals surface area contributed by atoms with E-state index in [1.807, 2.05) is 26.2 Å². The highest BCUT2D eigenvalue weighted by Crippen LogP contribution is 2.32. The standard InChI is InChI=1S/C15H21NO3/c1-10(15(17)18)8-13(16(2)3)11-4-5-14-12(9-11)6-7-19-14/h4-5,9-10,13H,6-8H2,1-3H3,(H,17,18). The summed E-state index contributed by atoms with van der Waals surface area (Å²) in [6.45, 7) is 2.51. The van der Waals surface area contributed by atoms with Crippen LogP contribution in [0, 0.1) is 5.92 Å². The van der Waals surface area contributed by atoms with Crippen molar-refractivity contribution in [1.29, 1.82) is 0 Å². The number of aliphatic carboxylic acids is 1. The minimum Gasteiger partial charge on any atom is -0.493 e. The highest BCUT2D eigenvalue weighted by molar-refractivity contribution is 5.69. The van der Waals surface area contributed by atoms with E-state index in [0.717, 1.165) is 18.8 Å². The number of hydrogen-bond donors (Lipinski definition) is 1. The predicted octanol–water partition coefficient (Wildman–Crippen LogP) is 2.33. The van der Waals surface area contributed by atoms with E-state index in [1.165, 1.54) is 11.1 Å². The molecule has 1 aromatic carbocycles. The molecule has 0 aliphatic carbocycles.